The summed E-state index contributed by atoms with van der Waals surface area (Å²) in [6.07, 6.45) is 1.34. The molecule has 120 valence electrons. The van der Waals surface area contributed by atoms with Crippen molar-refractivity contribution in [2.45, 2.75) is 6.42 Å². The van der Waals surface area contributed by atoms with E-state index in [1.807, 2.05) is 0 Å². The number of amides is 2. The molecule has 0 aliphatic rings. The first kappa shape index (κ1) is 17.4. The standard InChI is InChI=1S/C13H18FN5O3/c14-10-3-1-9(2-4-10)13(21)17-7-11(15)8-19(16)6-5-12(20)18-22/h1-4,8,22H,5-7,15-16H2,(H,17,21)(H,18,20)/b11-8-. The lowest BCUT2D eigenvalue weighted by atomic mass is 10.2. The third-order valence-electron chi connectivity index (χ3n) is 2.61. The second-order valence-electron chi connectivity index (χ2n) is 4.42. The van der Waals surface area contributed by atoms with Crippen LogP contribution in [0.3, 0.4) is 0 Å². The Hall–Kier alpha value is -2.65. The molecule has 2 amide bonds. The molecule has 0 aliphatic heterocycles. The Labute approximate surface area is 126 Å². The summed E-state index contributed by atoms with van der Waals surface area (Å²) >= 11 is 0. The smallest absolute Gasteiger partial charge is 0.251 e. The normalized spacial score (nSPS) is 11.0. The van der Waals surface area contributed by atoms with Gasteiger partial charge in [0.25, 0.3) is 5.91 Å². The third-order valence-corrected chi connectivity index (χ3v) is 2.61. The van der Waals surface area contributed by atoms with Crippen LogP contribution in [0.1, 0.15) is 16.8 Å². The zero-order valence-electron chi connectivity index (χ0n) is 11.8. The fourth-order valence-electron chi connectivity index (χ4n) is 1.50. The average Bonchev–Trinajstić information content (AvgIpc) is 2.50. The van der Waals surface area contributed by atoms with Gasteiger partial charge in [-0.2, -0.15) is 0 Å². The number of hydroxylamine groups is 1. The van der Waals surface area contributed by atoms with Gasteiger partial charge in [-0.3, -0.25) is 14.8 Å². The van der Waals surface area contributed by atoms with Gasteiger partial charge in [-0.15, -0.1) is 0 Å². The molecule has 1 aromatic rings. The van der Waals surface area contributed by atoms with Crippen LogP contribution in [0.2, 0.25) is 0 Å². The topological polar surface area (TPSA) is 134 Å². The Morgan fingerprint density at radius 3 is 2.55 bits per heavy atom. The molecule has 0 bridgehead atoms. The van der Waals surface area contributed by atoms with Gasteiger partial charge in [-0.1, -0.05) is 0 Å². The summed E-state index contributed by atoms with van der Waals surface area (Å²) in [7, 11) is 0. The maximum absolute atomic E-state index is 12.7. The van der Waals surface area contributed by atoms with Crippen LogP contribution in [0.5, 0.6) is 0 Å². The summed E-state index contributed by atoms with van der Waals surface area (Å²) < 4.78 is 12.7. The number of hydrogen-bond acceptors (Lipinski definition) is 6. The molecule has 0 heterocycles. The molecule has 0 saturated heterocycles. The molecule has 0 unspecified atom stereocenters. The first-order valence-corrected chi connectivity index (χ1v) is 6.36. The SMILES string of the molecule is N/C(=C\N(N)CCC(=O)NO)CNC(=O)c1ccc(F)cc1. The van der Waals surface area contributed by atoms with Crippen LogP contribution in [0.25, 0.3) is 0 Å². The maximum Gasteiger partial charge on any atom is 0.251 e. The van der Waals surface area contributed by atoms with Crippen LogP contribution in [-0.2, 0) is 4.79 Å². The van der Waals surface area contributed by atoms with Crippen LogP contribution in [0, 0.1) is 5.82 Å². The van der Waals surface area contributed by atoms with E-state index >= 15 is 0 Å². The van der Waals surface area contributed by atoms with E-state index in [-0.39, 0.29) is 25.2 Å². The minimum Gasteiger partial charge on any atom is -0.399 e. The van der Waals surface area contributed by atoms with E-state index in [1.165, 1.54) is 35.9 Å². The fourth-order valence-corrected chi connectivity index (χ4v) is 1.50. The highest BCUT2D eigenvalue weighted by atomic mass is 19.1. The molecule has 0 fully saturated rings. The van der Waals surface area contributed by atoms with E-state index < -0.39 is 17.6 Å². The predicted octanol–water partition coefficient (Wildman–Crippen LogP) is -0.573. The van der Waals surface area contributed by atoms with Gasteiger partial charge in [-0.25, -0.2) is 15.7 Å². The van der Waals surface area contributed by atoms with Gasteiger partial charge in [0.1, 0.15) is 5.82 Å². The van der Waals surface area contributed by atoms with Crippen LogP contribution in [0.15, 0.2) is 36.2 Å². The van der Waals surface area contributed by atoms with E-state index in [2.05, 4.69) is 5.32 Å². The van der Waals surface area contributed by atoms with Crippen molar-refractivity contribution in [2.75, 3.05) is 13.1 Å². The summed E-state index contributed by atoms with van der Waals surface area (Å²) in [5.74, 6) is 4.16. The summed E-state index contributed by atoms with van der Waals surface area (Å²) in [6.45, 7) is 0.176. The van der Waals surface area contributed by atoms with Crippen molar-refractivity contribution in [3.05, 3.63) is 47.5 Å². The van der Waals surface area contributed by atoms with Crippen molar-refractivity contribution >= 4 is 11.8 Å². The number of benzene rings is 1. The number of halogens is 1. The van der Waals surface area contributed by atoms with Gasteiger partial charge in [0.2, 0.25) is 5.91 Å². The number of hydrazine groups is 1. The molecule has 0 spiro atoms. The first-order chi connectivity index (χ1) is 10.4. The number of nitrogens with zero attached hydrogens (tertiary/aromatic N) is 1. The highest BCUT2D eigenvalue weighted by Crippen LogP contribution is 2.02. The summed E-state index contributed by atoms with van der Waals surface area (Å²) in [4.78, 5) is 22.6. The number of carbonyl (C=O) groups excluding carboxylic acids is 2. The van der Waals surface area contributed by atoms with Gasteiger partial charge in [-0.05, 0) is 24.3 Å². The van der Waals surface area contributed by atoms with Gasteiger partial charge < -0.3 is 16.1 Å². The molecule has 8 nitrogen and oxygen atoms in total. The molecule has 0 saturated carbocycles. The fraction of sp³-hybridized carbons (Fsp3) is 0.231. The molecular weight excluding hydrogens is 293 g/mol. The summed E-state index contributed by atoms with van der Waals surface area (Å²) in [6, 6.07) is 5.07. The van der Waals surface area contributed by atoms with Crippen molar-refractivity contribution in [3.63, 3.8) is 0 Å². The second kappa shape index (κ2) is 8.60. The molecule has 9 heteroatoms. The molecule has 0 aromatic heterocycles. The quantitative estimate of drug-likeness (QED) is 0.260. The van der Waals surface area contributed by atoms with E-state index in [0.29, 0.717) is 5.56 Å². The molecule has 1 rings (SSSR count). The van der Waals surface area contributed by atoms with Crippen molar-refractivity contribution in [1.82, 2.24) is 15.8 Å². The first-order valence-electron chi connectivity index (χ1n) is 6.36. The number of carbonyl (C=O) groups is 2. The summed E-state index contributed by atoms with van der Waals surface area (Å²) in [5.41, 5.74) is 7.73. The molecule has 22 heavy (non-hydrogen) atoms. The van der Waals surface area contributed by atoms with Crippen molar-refractivity contribution < 1.29 is 19.2 Å². The van der Waals surface area contributed by atoms with Crippen molar-refractivity contribution in [1.29, 1.82) is 0 Å². The van der Waals surface area contributed by atoms with E-state index in [0.717, 1.165) is 5.01 Å². The molecule has 7 N–H and O–H groups in total. The minimum atomic E-state index is -0.577. The lowest BCUT2D eigenvalue weighted by Crippen LogP contribution is -2.34. The van der Waals surface area contributed by atoms with Crippen molar-refractivity contribution in [2.24, 2.45) is 11.6 Å². The number of nitrogens with one attached hydrogen (secondary N) is 2. The molecule has 1 aromatic carbocycles. The van der Waals surface area contributed by atoms with Crippen LogP contribution in [-0.4, -0.2) is 35.1 Å². The van der Waals surface area contributed by atoms with E-state index in [1.54, 1.807) is 0 Å². The van der Waals surface area contributed by atoms with Gasteiger partial charge in [0.05, 0.1) is 6.54 Å². The van der Waals surface area contributed by atoms with Gasteiger partial charge in [0, 0.05) is 30.4 Å². The Kier molecular flexibility index (Phi) is 6.80. The van der Waals surface area contributed by atoms with E-state index in [4.69, 9.17) is 16.8 Å². The molecule has 0 aliphatic carbocycles. The van der Waals surface area contributed by atoms with Crippen LogP contribution < -0.4 is 22.4 Å². The zero-order valence-corrected chi connectivity index (χ0v) is 11.8. The van der Waals surface area contributed by atoms with Gasteiger partial charge in [0.15, 0.2) is 0 Å². The minimum absolute atomic E-state index is 0.0152. The predicted molar refractivity (Wildman–Crippen MR) is 76.4 cm³/mol. The van der Waals surface area contributed by atoms with E-state index in [9.17, 15) is 14.0 Å². The monoisotopic (exact) mass is 311 g/mol. The Balaban J connectivity index is 2.42. The number of hydrogen-bond donors (Lipinski definition) is 5. The molecular formula is C13H18FN5O3. The maximum atomic E-state index is 12.7. The van der Waals surface area contributed by atoms with Gasteiger partial charge >= 0.3 is 0 Å². The zero-order chi connectivity index (χ0) is 16.5. The molecule has 0 atom stereocenters. The highest BCUT2D eigenvalue weighted by Gasteiger charge is 2.06. The second-order valence-corrected chi connectivity index (χ2v) is 4.42. The lowest BCUT2D eigenvalue weighted by molar-refractivity contribution is -0.129. The average molecular weight is 311 g/mol. The van der Waals surface area contributed by atoms with Crippen LogP contribution >= 0.6 is 0 Å². The number of nitrogens with two attached hydrogens (primary N) is 2. The van der Waals surface area contributed by atoms with Crippen LogP contribution in [0.4, 0.5) is 4.39 Å². The Bertz CT molecular complexity index is 547. The number of rotatable bonds is 7. The Morgan fingerprint density at radius 2 is 1.95 bits per heavy atom. The largest absolute Gasteiger partial charge is 0.399 e. The van der Waals surface area contributed by atoms with Crippen molar-refractivity contribution in [3.8, 4) is 0 Å². The molecule has 0 radical (unpaired) electrons. The third kappa shape index (κ3) is 6.20. The Morgan fingerprint density at radius 1 is 1.32 bits per heavy atom. The lowest BCUT2D eigenvalue weighted by Gasteiger charge is -2.14. The highest BCUT2D eigenvalue weighted by molar-refractivity contribution is 5.94. The summed E-state index contributed by atoms with van der Waals surface area (Å²) in [5, 5.41) is 12.0.